The first-order valence-corrected chi connectivity index (χ1v) is 16.2. The van der Waals surface area contributed by atoms with E-state index in [1.807, 2.05) is 18.2 Å². The zero-order chi connectivity index (χ0) is 28.8. The quantitative estimate of drug-likeness (QED) is 0.141. The Hall–Kier alpha value is -2.18. The smallest absolute Gasteiger partial charge is 0.228 e. The van der Waals surface area contributed by atoms with Gasteiger partial charge in [-0.2, -0.15) is 4.57 Å². The Morgan fingerprint density at radius 1 is 0.927 bits per heavy atom. The molecule has 1 heterocycles. The summed E-state index contributed by atoms with van der Waals surface area (Å²) in [6.07, 6.45) is 15.5. The van der Waals surface area contributed by atoms with Gasteiger partial charge in [-0.15, -0.1) is 0 Å². The highest BCUT2D eigenvalue weighted by molar-refractivity contribution is 7.09. The molecular weight excluding hydrogens is 592 g/mol. The van der Waals surface area contributed by atoms with Crippen LogP contribution in [0.1, 0.15) is 113 Å². The molecule has 0 aliphatic carbocycles. The fourth-order valence-electron chi connectivity index (χ4n) is 5.11. The number of hydrogen-bond acceptors (Lipinski definition) is 3. The van der Waals surface area contributed by atoms with Crippen molar-refractivity contribution in [3.05, 3.63) is 75.7 Å². The summed E-state index contributed by atoms with van der Waals surface area (Å²) in [5.74, 6) is 0.866. The number of para-hydroxylation sites is 1. The average molecular weight is 644 g/mol. The number of anilines is 1. The zero-order valence-corrected chi connectivity index (χ0v) is 28.3. The van der Waals surface area contributed by atoms with Crippen LogP contribution in [0.3, 0.4) is 0 Å². The summed E-state index contributed by atoms with van der Waals surface area (Å²) in [5.41, 5.74) is 6.17. The molecule has 0 saturated carbocycles. The number of nitrogens with one attached hydrogen (secondary N) is 1. The maximum atomic E-state index is 13.2. The van der Waals surface area contributed by atoms with Gasteiger partial charge in [-0.3, -0.25) is 4.79 Å². The summed E-state index contributed by atoms with van der Waals surface area (Å²) < 4.78 is 8.60. The number of halogens is 1. The van der Waals surface area contributed by atoms with Gasteiger partial charge in [0.2, 0.25) is 11.4 Å². The topological polar surface area (TPSA) is 42.2 Å². The molecule has 6 heteroatoms. The van der Waals surface area contributed by atoms with E-state index >= 15 is 0 Å². The number of aromatic nitrogens is 1. The van der Waals surface area contributed by atoms with E-state index in [-0.39, 0.29) is 28.3 Å². The lowest BCUT2D eigenvalue weighted by Gasteiger charge is -2.25. The van der Waals surface area contributed by atoms with E-state index in [0.29, 0.717) is 13.0 Å². The molecule has 1 amide bonds. The van der Waals surface area contributed by atoms with Gasteiger partial charge in [0.15, 0.2) is 12.7 Å². The number of ether oxygens (including phenoxy) is 1. The van der Waals surface area contributed by atoms with E-state index in [0.717, 1.165) is 41.1 Å². The van der Waals surface area contributed by atoms with Crippen molar-refractivity contribution in [3.63, 3.8) is 0 Å². The zero-order valence-electron chi connectivity index (χ0n) is 25.9. The van der Waals surface area contributed by atoms with Crippen LogP contribution >= 0.6 is 11.3 Å². The van der Waals surface area contributed by atoms with Crippen LogP contribution in [0.25, 0.3) is 0 Å². The van der Waals surface area contributed by atoms with Gasteiger partial charge in [0.25, 0.3) is 0 Å². The molecule has 0 fully saturated rings. The summed E-state index contributed by atoms with van der Waals surface area (Å²) >= 11 is 1.74. The van der Waals surface area contributed by atoms with Gasteiger partial charge in [-0.1, -0.05) is 127 Å². The van der Waals surface area contributed by atoms with Crippen LogP contribution in [-0.4, -0.2) is 12.5 Å². The molecule has 0 aliphatic rings. The SMILES string of the molecule is CCCCCCCCCCCCOc1c(CC(=O)Nc2cccc(C[n+]3csc(C)c3)c2)cccc1C(C)(C)C.[Br-]. The van der Waals surface area contributed by atoms with Crippen molar-refractivity contribution in [1.29, 1.82) is 0 Å². The van der Waals surface area contributed by atoms with Crippen LogP contribution in [0.15, 0.2) is 54.2 Å². The maximum absolute atomic E-state index is 13.2. The average Bonchev–Trinajstić information content (AvgIpc) is 3.31. The monoisotopic (exact) mass is 642 g/mol. The molecule has 0 unspecified atom stereocenters. The number of carbonyl (C=O) groups excluding carboxylic acids is 1. The molecule has 0 atom stereocenters. The third-order valence-electron chi connectivity index (χ3n) is 7.30. The Balaban J connectivity index is 0.00000588. The standard InChI is InChI=1S/C35H50N2O2S.BrH/c1-6-7-8-9-10-11-12-13-14-15-22-39-34-30(19-17-21-32(34)35(3,4)5)24-33(38)36-31-20-16-18-29(23-31)26-37-25-28(2)40-27-37;/h16-21,23,25,27H,6-15,22,24,26H2,1-5H3;1H. The fraction of sp³-hybridized carbons (Fsp3) is 0.543. The Labute approximate surface area is 263 Å². The van der Waals surface area contributed by atoms with Crippen molar-refractivity contribution in [2.45, 2.75) is 117 Å². The summed E-state index contributed by atoms with van der Waals surface area (Å²) in [5, 5.41) is 3.12. The van der Waals surface area contributed by atoms with Crippen LogP contribution in [0, 0.1) is 6.92 Å². The first-order valence-electron chi connectivity index (χ1n) is 15.3. The summed E-state index contributed by atoms with van der Waals surface area (Å²) in [6, 6.07) is 14.4. The van der Waals surface area contributed by atoms with E-state index in [1.165, 1.54) is 62.7 Å². The Bertz CT molecular complexity index is 1180. The maximum Gasteiger partial charge on any atom is 0.228 e. The van der Waals surface area contributed by atoms with Gasteiger partial charge in [-0.25, -0.2) is 0 Å². The lowest BCUT2D eigenvalue weighted by Crippen LogP contribution is -3.00. The number of hydrogen-bond donors (Lipinski definition) is 1. The van der Waals surface area contributed by atoms with Crippen molar-refractivity contribution < 1.29 is 31.1 Å². The van der Waals surface area contributed by atoms with Crippen LogP contribution in [0.5, 0.6) is 5.75 Å². The Morgan fingerprint density at radius 3 is 2.22 bits per heavy atom. The van der Waals surface area contributed by atoms with Crippen LogP contribution in [0.2, 0.25) is 0 Å². The van der Waals surface area contributed by atoms with Crippen molar-refractivity contribution >= 4 is 22.9 Å². The highest BCUT2D eigenvalue weighted by atomic mass is 79.9. The molecule has 0 radical (unpaired) electrons. The van der Waals surface area contributed by atoms with E-state index < -0.39 is 0 Å². The van der Waals surface area contributed by atoms with E-state index in [4.69, 9.17) is 4.74 Å². The number of rotatable bonds is 17. The van der Waals surface area contributed by atoms with Gasteiger partial charge in [0.1, 0.15) is 5.75 Å². The van der Waals surface area contributed by atoms with Crippen LogP contribution in [-0.2, 0) is 23.2 Å². The summed E-state index contributed by atoms with van der Waals surface area (Å²) in [6.45, 7) is 12.5. The molecule has 3 aromatic rings. The van der Waals surface area contributed by atoms with Crippen molar-refractivity contribution in [3.8, 4) is 5.75 Å². The Morgan fingerprint density at radius 2 is 1.59 bits per heavy atom. The third kappa shape index (κ3) is 12.7. The molecule has 3 rings (SSSR count). The highest BCUT2D eigenvalue weighted by Crippen LogP contribution is 2.35. The van der Waals surface area contributed by atoms with Crippen molar-refractivity contribution in [2.75, 3.05) is 11.9 Å². The molecular formula is C35H51BrN2O2S. The van der Waals surface area contributed by atoms with E-state index in [1.54, 1.807) is 11.3 Å². The number of nitrogens with zero attached hydrogens (tertiary/aromatic N) is 1. The van der Waals surface area contributed by atoms with Gasteiger partial charge >= 0.3 is 0 Å². The summed E-state index contributed by atoms with van der Waals surface area (Å²) in [4.78, 5) is 14.4. The van der Waals surface area contributed by atoms with Crippen LogP contribution < -0.4 is 31.6 Å². The molecule has 2 aromatic carbocycles. The highest BCUT2D eigenvalue weighted by Gasteiger charge is 2.22. The van der Waals surface area contributed by atoms with Gasteiger partial charge in [0, 0.05) is 16.8 Å². The van der Waals surface area contributed by atoms with Gasteiger partial charge < -0.3 is 27.0 Å². The molecule has 1 aromatic heterocycles. The normalized spacial score (nSPS) is 11.2. The largest absolute Gasteiger partial charge is 1.00 e. The number of unbranched alkanes of at least 4 members (excludes halogenated alkanes) is 9. The lowest BCUT2D eigenvalue weighted by atomic mass is 9.84. The molecule has 41 heavy (non-hydrogen) atoms. The predicted molar refractivity (Wildman–Crippen MR) is 170 cm³/mol. The minimum Gasteiger partial charge on any atom is -1.00 e. The first kappa shape index (κ1) is 35.0. The van der Waals surface area contributed by atoms with Gasteiger partial charge in [-0.05, 0) is 36.5 Å². The fourth-order valence-corrected chi connectivity index (χ4v) is 5.75. The number of aryl methyl sites for hydroxylation is 1. The van der Waals surface area contributed by atoms with Crippen LogP contribution in [0.4, 0.5) is 5.69 Å². The molecule has 0 spiro atoms. The number of thiazole rings is 1. The van der Waals surface area contributed by atoms with E-state index in [9.17, 15) is 4.79 Å². The van der Waals surface area contributed by atoms with Crippen molar-refractivity contribution in [1.82, 2.24) is 0 Å². The molecule has 4 nitrogen and oxygen atoms in total. The second-order valence-electron chi connectivity index (χ2n) is 12.1. The van der Waals surface area contributed by atoms with Gasteiger partial charge in [0.05, 0.1) is 17.9 Å². The lowest BCUT2D eigenvalue weighted by molar-refractivity contribution is -0.683. The second-order valence-corrected chi connectivity index (χ2v) is 13.2. The summed E-state index contributed by atoms with van der Waals surface area (Å²) in [7, 11) is 0. The number of amides is 1. The predicted octanol–water partition coefficient (Wildman–Crippen LogP) is 6.17. The number of benzene rings is 2. The first-order chi connectivity index (χ1) is 19.3. The molecule has 1 N–H and O–H groups in total. The second kappa shape index (κ2) is 18.4. The van der Waals surface area contributed by atoms with Crippen molar-refractivity contribution in [2.24, 2.45) is 0 Å². The molecule has 226 valence electrons. The minimum atomic E-state index is -0.0639. The third-order valence-corrected chi connectivity index (χ3v) is 8.15. The van der Waals surface area contributed by atoms with E-state index in [2.05, 4.69) is 80.5 Å². The minimum absolute atomic E-state index is 0. The molecule has 0 bridgehead atoms. The molecule has 0 aliphatic heterocycles. The molecule has 0 saturated heterocycles. The number of carbonyl (C=O) groups is 1. The Kier molecular flexibility index (Phi) is 15.7.